The first kappa shape index (κ1) is 21.6. The molecule has 3 aromatic carbocycles. The molecule has 1 aliphatic heterocycles. The van der Waals surface area contributed by atoms with Crippen molar-refractivity contribution in [2.45, 2.75) is 12.8 Å². The van der Waals surface area contributed by atoms with E-state index in [0.717, 1.165) is 28.0 Å². The minimum absolute atomic E-state index is 0.00421. The molecule has 1 unspecified atom stereocenters. The maximum absolute atomic E-state index is 13.1. The molecule has 5 heteroatoms. The van der Waals surface area contributed by atoms with Crippen LogP contribution in [0.4, 0.5) is 0 Å². The number of nitrogens with zero attached hydrogens (tertiary/aromatic N) is 1. The molecule has 3 aromatic rings. The predicted octanol–water partition coefficient (Wildman–Crippen LogP) is 3.72. The summed E-state index contributed by atoms with van der Waals surface area (Å²) in [5.41, 5.74) is 4.27. The molecule has 1 N–H and O–H groups in total. The molecule has 2 amide bonds. The van der Waals surface area contributed by atoms with Crippen LogP contribution in [0.2, 0.25) is 0 Å². The summed E-state index contributed by atoms with van der Waals surface area (Å²) in [6.45, 7) is 1.41. The minimum atomic E-state index is -0.295. The number of hydrogen-bond acceptors (Lipinski definition) is 3. The topological polar surface area (TPSA) is 58.6 Å². The van der Waals surface area contributed by atoms with Gasteiger partial charge >= 0.3 is 0 Å². The Morgan fingerprint density at radius 3 is 2.62 bits per heavy atom. The van der Waals surface area contributed by atoms with Crippen LogP contribution < -0.4 is 10.1 Å². The molecular formula is C27H28N2O3. The van der Waals surface area contributed by atoms with Crippen LogP contribution in [0.5, 0.6) is 5.75 Å². The van der Waals surface area contributed by atoms with Crippen LogP contribution in [0.25, 0.3) is 11.1 Å². The lowest BCUT2D eigenvalue weighted by atomic mass is 9.91. The summed E-state index contributed by atoms with van der Waals surface area (Å²) in [6, 6.07) is 25.9. The molecule has 164 valence electrons. The summed E-state index contributed by atoms with van der Waals surface area (Å²) in [7, 11) is 1.62. The largest absolute Gasteiger partial charge is 0.497 e. The lowest BCUT2D eigenvalue weighted by molar-refractivity contribution is -0.131. The molecule has 0 bridgehead atoms. The Bertz CT molecular complexity index is 1080. The molecule has 0 spiro atoms. The molecule has 0 aliphatic carbocycles. The molecule has 1 aliphatic rings. The fraction of sp³-hybridized carbons (Fsp3) is 0.259. The highest BCUT2D eigenvalue weighted by Gasteiger charge is 2.28. The van der Waals surface area contributed by atoms with E-state index in [0.29, 0.717) is 32.5 Å². The Kier molecular flexibility index (Phi) is 6.85. The van der Waals surface area contributed by atoms with Crippen molar-refractivity contribution in [2.24, 2.45) is 5.92 Å². The van der Waals surface area contributed by atoms with Crippen LogP contribution in [0.15, 0.2) is 78.9 Å². The Morgan fingerprint density at radius 2 is 1.81 bits per heavy atom. The van der Waals surface area contributed by atoms with Gasteiger partial charge in [0.1, 0.15) is 5.75 Å². The lowest BCUT2D eigenvalue weighted by Crippen LogP contribution is -2.38. The Hall–Kier alpha value is -3.60. The van der Waals surface area contributed by atoms with Crippen molar-refractivity contribution in [1.82, 2.24) is 10.2 Å². The second kappa shape index (κ2) is 10.1. The predicted molar refractivity (Wildman–Crippen MR) is 125 cm³/mol. The van der Waals surface area contributed by atoms with Crippen molar-refractivity contribution in [3.8, 4) is 16.9 Å². The summed E-state index contributed by atoms with van der Waals surface area (Å²) < 4.78 is 5.27. The van der Waals surface area contributed by atoms with Gasteiger partial charge in [-0.05, 0) is 40.8 Å². The average Bonchev–Trinajstić information content (AvgIpc) is 3.01. The van der Waals surface area contributed by atoms with E-state index in [1.54, 1.807) is 7.11 Å². The third-order valence-electron chi connectivity index (χ3n) is 5.90. The van der Waals surface area contributed by atoms with Crippen molar-refractivity contribution in [1.29, 1.82) is 0 Å². The van der Waals surface area contributed by atoms with Crippen molar-refractivity contribution < 1.29 is 14.3 Å². The van der Waals surface area contributed by atoms with Crippen molar-refractivity contribution in [3.05, 3.63) is 90.0 Å². The molecule has 4 rings (SSSR count). The summed E-state index contributed by atoms with van der Waals surface area (Å²) in [5, 5.41) is 2.99. The SMILES string of the molecule is COc1cccc(CC(=O)N2CCNC(=O)C(Cc3ccccc3-c3ccccc3)C2)c1. The van der Waals surface area contributed by atoms with Gasteiger partial charge in [-0.2, -0.15) is 0 Å². The number of hydrogen-bond donors (Lipinski definition) is 1. The second-order valence-corrected chi connectivity index (χ2v) is 8.08. The van der Waals surface area contributed by atoms with Gasteiger partial charge in [0, 0.05) is 19.6 Å². The molecule has 0 saturated carbocycles. The summed E-state index contributed by atoms with van der Waals surface area (Å²) in [6.07, 6.45) is 0.874. The highest BCUT2D eigenvalue weighted by Crippen LogP contribution is 2.26. The zero-order valence-electron chi connectivity index (χ0n) is 18.3. The standard InChI is InChI=1S/C27H28N2O3/c1-32-24-12-7-8-20(16-24)17-26(30)29-15-14-28-27(31)23(19-29)18-22-11-5-6-13-25(22)21-9-3-2-4-10-21/h2-13,16,23H,14-15,17-19H2,1H3,(H,28,31). The van der Waals surface area contributed by atoms with Crippen LogP contribution in [0.1, 0.15) is 11.1 Å². The quantitative estimate of drug-likeness (QED) is 0.651. The number of benzene rings is 3. The first-order chi connectivity index (χ1) is 15.6. The minimum Gasteiger partial charge on any atom is -0.497 e. The van der Waals surface area contributed by atoms with E-state index in [1.165, 1.54) is 0 Å². The molecule has 0 radical (unpaired) electrons. The molecule has 0 aromatic heterocycles. The van der Waals surface area contributed by atoms with E-state index in [9.17, 15) is 9.59 Å². The van der Waals surface area contributed by atoms with E-state index >= 15 is 0 Å². The van der Waals surface area contributed by atoms with Gasteiger partial charge in [0.2, 0.25) is 11.8 Å². The normalized spacial score (nSPS) is 16.2. The third-order valence-corrected chi connectivity index (χ3v) is 5.90. The van der Waals surface area contributed by atoms with Crippen LogP contribution in [0.3, 0.4) is 0 Å². The van der Waals surface area contributed by atoms with Gasteiger partial charge in [-0.25, -0.2) is 0 Å². The van der Waals surface area contributed by atoms with Crippen molar-refractivity contribution >= 4 is 11.8 Å². The van der Waals surface area contributed by atoms with E-state index in [2.05, 4.69) is 29.6 Å². The van der Waals surface area contributed by atoms with E-state index in [4.69, 9.17) is 4.74 Å². The van der Waals surface area contributed by atoms with Gasteiger partial charge in [0.05, 0.1) is 19.4 Å². The second-order valence-electron chi connectivity index (χ2n) is 8.08. The van der Waals surface area contributed by atoms with E-state index in [-0.39, 0.29) is 17.7 Å². The fourth-order valence-electron chi connectivity index (χ4n) is 4.21. The smallest absolute Gasteiger partial charge is 0.227 e. The zero-order chi connectivity index (χ0) is 22.3. The Labute approximate surface area is 189 Å². The van der Waals surface area contributed by atoms with Crippen molar-refractivity contribution in [2.75, 3.05) is 26.7 Å². The van der Waals surface area contributed by atoms with Gasteiger partial charge in [-0.1, -0.05) is 66.7 Å². The van der Waals surface area contributed by atoms with Gasteiger partial charge in [-0.3, -0.25) is 9.59 Å². The van der Waals surface area contributed by atoms with Crippen molar-refractivity contribution in [3.63, 3.8) is 0 Å². The van der Waals surface area contributed by atoms with Crippen LogP contribution in [-0.4, -0.2) is 43.5 Å². The zero-order valence-corrected chi connectivity index (χ0v) is 18.3. The van der Waals surface area contributed by atoms with Gasteiger partial charge in [0.15, 0.2) is 0 Å². The monoisotopic (exact) mass is 428 g/mol. The number of methoxy groups -OCH3 is 1. The highest BCUT2D eigenvalue weighted by molar-refractivity contribution is 5.83. The maximum atomic E-state index is 13.1. The number of amides is 2. The first-order valence-corrected chi connectivity index (χ1v) is 11.0. The number of nitrogens with one attached hydrogen (secondary N) is 1. The number of rotatable bonds is 6. The third kappa shape index (κ3) is 5.17. The van der Waals surface area contributed by atoms with Crippen LogP contribution in [0, 0.1) is 5.92 Å². The molecule has 1 saturated heterocycles. The Morgan fingerprint density at radius 1 is 1.03 bits per heavy atom. The number of carbonyl (C=O) groups excluding carboxylic acids is 2. The van der Waals surface area contributed by atoms with E-state index < -0.39 is 0 Å². The first-order valence-electron chi connectivity index (χ1n) is 11.0. The lowest BCUT2D eigenvalue weighted by Gasteiger charge is -2.24. The summed E-state index contributed by atoms with van der Waals surface area (Å²) in [5.74, 6) is 0.468. The molecular weight excluding hydrogens is 400 g/mol. The molecule has 1 fully saturated rings. The number of ether oxygens (including phenoxy) is 1. The molecule has 32 heavy (non-hydrogen) atoms. The molecule has 1 atom stereocenters. The molecule has 5 nitrogen and oxygen atoms in total. The summed E-state index contributed by atoms with van der Waals surface area (Å²) >= 11 is 0. The van der Waals surface area contributed by atoms with Crippen LogP contribution in [-0.2, 0) is 22.4 Å². The molecule has 1 heterocycles. The van der Waals surface area contributed by atoms with Gasteiger partial charge in [0.25, 0.3) is 0 Å². The Balaban J connectivity index is 1.51. The van der Waals surface area contributed by atoms with Gasteiger partial charge in [-0.15, -0.1) is 0 Å². The average molecular weight is 429 g/mol. The van der Waals surface area contributed by atoms with E-state index in [1.807, 2.05) is 59.5 Å². The van der Waals surface area contributed by atoms with Gasteiger partial charge < -0.3 is 15.0 Å². The maximum Gasteiger partial charge on any atom is 0.227 e. The van der Waals surface area contributed by atoms with Crippen LogP contribution >= 0.6 is 0 Å². The highest BCUT2D eigenvalue weighted by atomic mass is 16.5. The summed E-state index contributed by atoms with van der Waals surface area (Å²) in [4.78, 5) is 27.7. The number of carbonyl (C=O) groups is 2. The fourth-order valence-corrected chi connectivity index (χ4v) is 4.21.